The van der Waals surface area contributed by atoms with Crippen molar-refractivity contribution in [3.05, 3.63) is 242 Å². The zero-order valence-corrected chi connectivity index (χ0v) is 38.9. The number of allylic oxidation sites excluding steroid dienone is 3. The zero-order chi connectivity index (χ0) is 47.8. The first-order valence-electron chi connectivity index (χ1n) is 24.0. The molecule has 0 bridgehead atoms. The third-order valence-corrected chi connectivity index (χ3v) is 13.7. The summed E-state index contributed by atoms with van der Waals surface area (Å²) in [5.74, 6) is 0. The summed E-state index contributed by atoms with van der Waals surface area (Å²) in [6.45, 7) is 0.675. The SMILES string of the molecule is C1=CC(c2ccc(-c3ccc(-c4ccc5c(c4)c4ccc(-c6ccc(C7=CCC(c8ccncc8)N=C7)nc6)cc4c4ccc(-c6ccc(-c7ccc(-c8ccncc8)nc7)nc6)cc45)cn3)cn2)=CC[N-]1. The van der Waals surface area contributed by atoms with Crippen molar-refractivity contribution in [1.29, 1.82) is 0 Å². The fraction of sp³-hybridized carbons (Fsp3) is 0.0476. The fourth-order valence-corrected chi connectivity index (χ4v) is 9.81. The van der Waals surface area contributed by atoms with E-state index in [4.69, 9.17) is 29.9 Å². The third-order valence-electron chi connectivity index (χ3n) is 13.7. The Kier molecular flexibility index (Phi) is 10.8. The lowest BCUT2D eigenvalue weighted by atomic mass is 9.89. The molecule has 0 amide bonds. The number of aromatic nitrogens is 7. The number of nitrogens with zero attached hydrogens (tertiary/aromatic N) is 9. The Balaban J connectivity index is 0.851. The molecule has 2 aliphatic heterocycles. The number of fused-ring (bicyclic) bond motifs is 6. The lowest BCUT2D eigenvalue weighted by molar-refractivity contribution is 0.741. The maximum absolute atomic E-state index is 4.95. The van der Waals surface area contributed by atoms with Gasteiger partial charge in [-0.15, -0.1) is 6.54 Å². The highest BCUT2D eigenvalue weighted by Gasteiger charge is 2.17. The molecule has 0 N–H and O–H groups in total. The largest absolute Gasteiger partial charge is 0.687 e. The second-order valence-electron chi connectivity index (χ2n) is 18.0. The summed E-state index contributed by atoms with van der Waals surface area (Å²) < 4.78 is 0. The van der Waals surface area contributed by atoms with Crippen LogP contribution in [-0.2, 0) is 0 Å². The minimum Gasteiger partial charge on any atom is -0.687 e. The maximum atomic E-state index is 4.95. The molecule has 0 aliphatic carbocycles. The second kappa shape index (κ2) is 18.4. The van der Waals surface area contributed by atoms with Gasteiger partial charge in [-0.3, -0.25) is 39.9 Å². The number of hydrogen-bond donors (Lipinski definition) is 0. The highest BCUT2D eigenvalue weighted by atomic mass is 14.8. The molecule has 13 rings (SSSR count). The Morgan fingerprint density at radius 3 is 1.22 bits per heavy atom. The van der Waals surface area contributed by atoms with Gasteiger partial charge in [-0.05, 0) is 151 Å². The molecule has 0 fully saturated rings. The van der Waals surface area contributed by atoms with Crippen LogP contribution in [0.1, 0.15) is 29.4 Å². The summed E-state index contributed by atoms with van der Waals surface area (Å²) in [6, 6.07) is 49.4. The van der Waals surface area contributed by atoms with Crippen LogP contribution in [0.2, 0.25) is 0 Å². The number of pyridine rings is 7. The summed E-state index contributed by atoms with van der Waals surface area (Å²) in [4.78, 5) is 37.4. The van der Waals surface area contributed by atoms with E-state index in [1.54, 1.807) is 12.4 Å². The molecule has 340 valence electrons. The van der Waals surface area contributed by atoms with E-state index >= 15 is 0 Å². The molecule has 9 nitrogen and oxygen atoms in total. The van der Waals surface area contributed by atoms with Crippen LogP contribution in [0.4, 0.5) is 0 Å². The van der Waals surface area contributed by atoms with Crippen LogP contribution < -0.4 is 0 Å². The summed E-state index contributed by atoms with van der Waals surface area (Å²) >= 11 is 0. The van der Waals surface area contributed by atoms with Gasteiger partial charge in [-0.1, -0.05) is 72.8 Å². The van der Waals surface area contributed by atoms with Gasteiger partial charge >= 0.3 is 0 Å². The van der Waals surface area contributed by atoms with E-state index in [1.807, 2.05) is 98.3 Å². The van der Waals surface area contributed by atoms with Crippen LogP contribution in [0, 0.1) is 0 Å². The zero-order valence-electron chi connectivity index (χ0n) is 38.9. The Hall–Kier alpha value is -9.60. The molecule has 7 aromatic heterocycles. The first-order chi connectivity index (χ1) is 35.6. The Morgan fingerprint density at radius 2 is 0.792 bits per heavy atom. The summed E-state index contributed by atoms with van der Waals surface area (Å²) in [5, 5.41) is 11.3. The quantitative estimate of drug-likeness (QED) is 0.132. The maximum Gasteiger partial charge on any atom is 0.0785 e. The molecule has 2 aliphatic rings. The minimum atomic E-state index is 0.0954. The molecular formula is C63H42N9-. The van der Waals surface area contributed by atoms with Crippen molar-refractivity contribution in [2.24, 2.45) is 4.99 Å². The lowest BCUT2D eigenvalue weighted by Crippen LogP contribution is -2.02. The van der Waals surface area contributed by atoms with Crippen LogP contribution in [0.15, 0.2) is 225 Å². The Morgan fingerprint density at radius 1 is 0.361 bits per heavy atom. The van der Waals surface area contributed by atoms with Crippen molar-refractivity contribution in [2.45, 2.75) is 12.5 Å². The molecule has 1 atom stereocenters. The van der Waals surface area contributed by atoms with Gasteiger partial charge in [0.25, 0.3) is 0 Å². The molecule has 11 aromatic rings. The summed E-state index contributed by atoms with van der Waals surface area (Å²) in [5.41, 5.74) is 17.1. The van der Waals surface area contributed by atoms with E-state index in [1.165, 1.54) is 32.3 Å². The average Bonchev–Trinajstić information content (AvgIpc) is 3.48. The normalized spacial score (nSPS) is 14.3. The molecule has 0 radical (unpaired) electrons. The van der Waals surface area contributed by atoms with Gasteiger partial charge in [0.15, 0.2) is 0 Å². The highest BCUT2D eigenvalue weighted by Crippen LogP contribution is 2.41. The molecule has 0 saturated heterocycles. The van der Waals surface area contributed by atoms with E-state index in [9.17, 15) is 0 Å². The monoisotopic (exact) mass is 924 g/mol. The van der Waals surface area contributed by atoms with Gasteiger partial charge in [0.2, 0.25) is 0 Å². The molecule has 9 heterocycles. The van der Waals surface area contributed by atoms with E-state index in [2.05, 4.69) is 131 Å². The van der Waals surface area contributed by atoms with Crippen molar-refractivity contribution in [2.75, 3.05) is 6.54 Å². The lowest BCUT2D eigenvalue weighted by Gasteiger charge is -2.17. The minimum absolute atomic E-state index is 0.0954. The predicted molar refractivity (Wildman–Crippen MR) is 292 cm³/mol. The number of rotatable bonds is 9. The first kappa shape index (κ1) is 42.5. The summed E-state index contributed by atoms with van der Waals surface area (Å²) in [6.07, 6.45) is 27.8. The number of benzene rings is 4. The second-order valence-corrected chi connectivity index (χ2v) is 18.0. The van der Waals surface area contributed by atoms with Crippen LogP contribution >= 0.6 is 0 Å². The van der Waals surface area contributed by atoms with E-state index in [-0.39, 0.29) is 6.04 Å². The standard InChI is InChI=1S/C63H42N9/c1-10-52-55(31-43(1)46-4-13-61(67-34-46)49-7-16-58(70-37-49)40-19-25-64-26-20-40)53-11-2-45(48-6-15-63(69-36-48)51-9-18-60(72-39-51)42-23-29-66-30-24-42)33-57(53)54-12-3-44(32-56(52)54)47-5-14-62(68-35-47)50-8-17-59(71-38-50)41-21-27-65-28-22-41/h1-17,19-25,27-39,60H,18,26H2/q-1. The smallest absolute Gasteiger partial charge is 0.0785 e. The third kappa shape index (κ3) is 8.18. The van der Waals surface area contributed by atoms with Gasteiger partial charge in [0.1, 0.15) is 0 Å². The predicted octanol–water partition coefficient (Wildman–Crippen LogP) is 14.8. The first-order valence-corrected chi connectivity index (χ1v) is 24.0. The van der Waals surface area contributed by atoms with Crippen molar-refractivity contribution in [3.63, 3.8) is 0 Å². The fourth-order valence-electron chi connectivity index (χ4n) is 9.81. The van der Waals surface area contributed by atoms with Crippen molar-refractivity contribution >= 4 is 49.7 Å². The molecule has 72 heavy (non-hydrogen) atoms. The van der Waals surface area contributed by atoms with E-state index in [0.29, 0.717) is 6.54 Å². The molecule has 1 unspecified atom stereocenters. The molecule has 9 heteroatoms. The van der Waals surface area contributed by atoms with Gasteiger partial charge in [0.05, 0.1) is 34.5 Å². The average molecular weight is 925 g/mol. The van der Waals surface area contributed by atoms with Crippen LogP contribution in [0.5, 0.6) is 0 Å². The number of dihydropyridines is 1. The van der Waals surface area contributed by atoms with Crippen molar-refractivity contribution < 1.29 is 0 Å². The van der Waals surface area contributed by atoms with Crippen molar-refractivity contribution in [3.8, 4) is 67.2 Å². The van der Waals surface area contributed by atoms with Crippen LogP contribution in [-0.4, -0.2) is 47.6 Å². The topological polar surface area (TPSA) is 117 Å². The van der Waals surface area contributed by atoms with Gasteiger partial charge < -0.3 is 5.32 Å². The number of aliphatic imine (C=N–C) groups is 1. The van der Waals surface area contributed by atoms with Gasteiger partial charge in [-0.25, -0.2) is 0 Å². The van der Waals surface area contributed by atoms with Crippen LogP contribution in [0.25, 0.3) is 116 Å². The highest BCUT2D eigenvalue weighted by molar-refractivity contribution is 6.26. The Bertz CT molecular complexity index is 3940. The van der Waals surface area contributed by atoms with Crippen LogP contribution in [0.3, 0.4) is 0 Å². The van der Waals surface area contributed by atoms with Gasteiger partial charge in [0, 0.05) is 101 Å². The van der Waals surface area contributed by atoms with E-state index in [0.717, 1.165) is 102 Å². The molecule has 4 aromatic carbocycles. The molecule has 0 saturated carbocycles. The molecule has 0 spiro atoms. The Labute approximate surface area is 415 Å². The van der Waals surface area contributed by atoms with Crippen molar-refractivity contribution in [1.82, 2.24) is 34.9 Å². The van der Waals surface area contributed by atoms with Gasteiger partial charge in [-0.2, -0.15) is 6.20 Å². The number of hydrogen-bond acceptors (Lipinski definition) is 8. The molecular weight excluding hydrogens is 883 g/mol. The van der Waals surface area contributed by atoms with E-state index < -0.39 is 0 Å². The summed E-state index contributed by atoms with van der Waals surface area (Å²) in [7, 11) is 0.